The molecule has 0 bridgehead atoms. The second-order valence-corrected chi connectivity index (χ2v) is 8.02. The van der Waals surface area contributed by atoms with E-state index in [9.17, 15) is 0 Å². The molecule has 6 rings (SSSR count). The molecular weight excluding hydrogens is 352 g/mol. The summed E-state index contributed by atoms with van der Waals surface area (Å²) in [4.78, 5) is 0. The lowest BCUT2D eigenvalue weighted by atomic mass is 9.88. The van der Waals surface area contributed by atoms with E-state index in [4.69, 9.17) is 4.74 Å². The maximum Gasteiger partial charge on any atom is 0.127 e. The molecule has 0 aliphatic heterocycles. The van der Waals surface area contributed by atoms with Gasteiger partial charge in [0.15, 0.2) is 0 Å². The first-order valence-corrected chi connectivity index (χ1v) is 10.5. The van der Waals surface area contributed by atoms with Crippen molar-refractivity contribution in [3.8, 4) is 16.9 Å². The third kappa shape index (κ3) is 2.86. The van der Waals surface area contributed by atoms with E-state index >= 15 is 0 Å². The van der Waals surface area contributed by atoms with Crippen molar-refractivity contribution in [3.63, 3.8) is 0 Å². The Morgan fingerprint density at radius 1 is 0.724 bits per heavy atom. The molecule has 140 valence electrons. The summed E-state index contributed by atoms with van der Waals surface area (Å²) < 4.78 is 6.13. The highest BCUT2D eigenvalue weighted by molar-refractivity contribution is 6.13. The average molecular weight is 374 g/mol. The predicted octanol–water partition coefficient (Wildman–Crippen LogP) is 6.72. The minimum absolute atomic E-state index is 0.906. The Labute approximate surface area is 170 Å². The van der Waals surface area contributed by atoms with Gasteiger partial charge in [-0.25, -0.2) is 0 Å². The van der Waals surface area contributed by atoms with Crippen LogP contribution in [0.2, 0.25) is 0 Å². The molecule has 4 aromatic carbocycles. The molecule has 0 saturated carbocycles. The van der Waals surface area contributed by atoms with E-state index in [-0.39, 0.29) is 0 Å². The van der Waals surface area contributed by atoms with Crippen molar-refractivity contribution in [2.45, 2.75) is 25.7 Å². The molecule has 0 radical (unpaired) electrons. The van der Waals surface area contributed by atoms with Gasteiger partial charge in [0.25, 0.3) is 0 Å². The van der Waals surface area contributed by atoms with Gasteiger partial charge in [-0.05, 0) is 93.1 Å². The molecule has 0 unspecified atom stereocenters. The summed E-state index contributed by atoms with van der Waals surface area (Å²) in [5.41, 5.74) is 3.92. The maximum absolute atomic E-state index is 6.13. The number of hydrogen-bond acceptors (Lipinski definition) is 1. The third-order valence-electron chi connectivity index (χ3n) is 6.14. The summed E-state index contributed by atoms with van der Waals surface area (Å²) >= 11 is 0. The maximum atomic E-state index is 6.13. The number of rotatable bonds is 3. The fraction of sp³-hybridized carbons (Fsp3) is 0.143. The van der Waals surface area contributed by atoms with Crippen LogP contribution >= 0.6 is 0 Å². The molecule has 2 aliphatic carbocycles. The van der Waals surface area contributed by atoms with Crippen LogP contribution in [-0.4, -0.2) is 0 Å². The minimum atomic E-state index is 0.906. The fourth-order valence-corrected chi connectivity index (χ4v) is 4.75. The molecule has 0 N–H and O–H groups in total. The Hall–Kier alpha value is -3.32. The van der Waals surface area contributed by atoms with Crippen LogP contribution in [0.25, 0.3) is 38.7 Å². The Morgan fingerprint density at radius 2 is 1.62 bits per heavy atom. The van der Waals surface area contributed by atoms with Crippen LogP contribution in [0, 0.1) is 0 Å². The second kappa shape index (κ2) is 6.63. The molecule has 0 heterocycles. The SMILES string of the molecule is C1=CCCC(Oc2cccc(-c3cc4ccc5c6c(ccc(c3)c46)=CCC5)c2)=C1. The van der Waals surface area contributed by atoms with E-state index in [0.717, 1.165) is 37.2 Å². The van der Waals surface area contributed by atoms with Crippen molar-refractivity contribution in [2.24, 2.45) is 0 Å². The lowest BCUT2D eigenvalue weighted by Gasteiger charge is -2.16. The van der Waals surface area contributed by atoms with Crippen molar-refractivity contribution in [1.29, 1.82) is 0 Å². The topological polar surface area (TPSA) is 9.23 Å². The summed E-state index contributed by atoms with van der Waals surface area (Å²) in [6.07, 6.45) is 13.0. The van der Waals surface area contributed by atoms with Gasteiger partial charge in [-0.1, -0.05) is 54.6 Å². The zero-order chi connectivity index (χ0) is 19.2. The van der Waals surface area contributed by atoms with Crippen LogP contribution in [0.5, 0.6) is 5.75 Å². The number of benzene rings is 4. The zero-order valence-electron chi connectivity index (χ0n) is 16.3. The monoisotopic (exact) mass is 374 g/mol. The summed E-state index contributed by atoms with van der Waals surface area (Å²) in [5.74, 6) is 1.94. The number of hydrogen-bond donors (Lipinski definition) is 0. The number of aryl methyl sites for hydroxylation is 1. The van der Waals surface area contributed by atoms with Crippen molar-refractivity contribution in [1.82, 2.24) is 0 Å². The van der Waals surface area contributed by atoms with E-state index in [2.05, 4.69) is 78.9 Å². The van der Waals surface area contributed by atoms with E-state index in [1.165, 1.54) is 43.5 Å². The third-order valence-corrected chi connectivity index (χ3v) is 6.14. The largest absolute Gasteiger partial charge is 0.462 e. The lowest BCUT2D eigenvalue weighted by molar-refractivity contribution is 0.403. The van der Waals surface area contributed by atoms with Gasteiger partial charge in [0.05, 0.1) is 0 Å². The van der Waals surface area contributed by atoms with Crippen molar-refractivity contribution in [3.05, 3.63) is 95.4 Å². The zero-order valence-corrected chi connectivity index (χ0v) is 16.3. The summed E-state index contributed by atoms with van der Waals surface area (Å²) in [5, 5.41) is 6.89. The first-order valence-electron chi connectivity index (χ1n) is 10.5. The molecule has 0 amide bonds. The van der Waals surface area contributed by atoms with Gasteiger partial charge in [0, 0.05) is 6.42 Å². The van der Waals surface area contributed by atoms with Gasteiger partial charge in [-0.15, -0.1) is 0 Å². The standard InChI is InChI=1S/C28H22O/c1-2-9-25(10-3-1)29-26-11-5-8-21(18-26)24-16-22-14-12-19-6-4-7-20-13-15-23(17-24)28(22)27(19)20/h1-2,5-6,8-9,11-18H,3-4,7,10H2. The normalized spacial score (nSPS) is 15.4. The molecule has 29 heavy (non-hydrogen) atoms. The first kappa shape index (κ1) is 16.6. The molecular formula is C28H22O. The molecule has 0 aromatic heterocycles. The highest BCUT2D eigenvalue weighted by Crippen LogP contribution is 2.35. The molecule has 0 atom stereocenters. The molecule has 4 aromatic rings. The van der Waals surface area contributed by atoms with Gasteiger partial charge in [-0.3, -0.25) is 0 Å². The Kier molecular flexibility index (Phi) is 3.80. The smallest absolute Gasteiger partial charge is 0.127 e. The molecule has 0 spiro atoms. The van der Waals surface area contributed by atoms with Gasteiger partial charge < -0.3 is 4.74 Å². The van der Waals surface area contributed by atoms with E-state index < -0.39 is 0 Å². The van der Waals surface area contributed by atoms with Crippen molar-refractivity contribution >= 4 is 27.6 Å². The quantitative estimate of drug-likeness (QED) is 0.387. The van der Waals surface area contributed by atoms with Crippen LogP contribution in [0.1, 0.15) is 24.8 Å². The average Bonchev–Trinajstić information content (AvgIpc) is 2.78. The summed E-state index contributed by atoms with van der Waals surface area (Å²) in [6, 6.07) is 22.3. The highest BCUT2D eigenvalue weighted by atomic mass is 16.5. The Morgan fingerprint density at radius 3 is 2.48 bits per heavy atom. The minimum Gasteiger partial charge on any atom is -0.462 e. The fourth-order valence-electron chi connectivity index (χ4n) is 4.75. The van der Waals surface area contributed by atoms with Gasteiger partial charge in [-0.2, -0.15) is 0 Å². The molecule has 0 saturated heterocycles. The van der Waals surface area contributed by atoms with Crippen LogP contribution in [0.15, 0.2) is 84.7 Å². The predicted molar refractivity (Wildman–Crippen MR) is 122 cm³/mol. The molecule has 1 nitrogen and oxygen atoms in total. The number of ether oxygens (including phenoxy) is 1. The molecule has 1 heteroatoms. The van der Waals surface area contributed by atoms with Gasteiger partial charge in [0.2, 0.25) is 0 Å². The summed E-state index contributed by atoms with van der Waals surface area (Å²) in [7, 11) is 0. The molecule has 0 fully saturated rings. The lowest BCUT2D eigenvalue weighted by Crippen LogP contribution is -2.09. The summed E-state index contributed by atoms with van der Waals surface area (Å²) in [6.45, 7) is 0. The van der Waals surface area contributed by atoms with E-state index in [1.807, 2.05) is 6.07 Å². The van der Waals surface area contributed by atoms with Gasteiger partial charge >= 0.3 is 0 Å². The Bertz CT molecular complexity index is 1350. The van der Waals surface area contributed by atoms with E-state index in [1.54, 1.807) is 0 Å². The second-order valence-electron chi connectivity index (χ2n) is 8.02. The Balaban J connectivity index is 1.48. The van der Waals surface area contributed by atoms with Crippen LogP contribution in [0.3, 0.4) is 0 Å². The van der Waals surface area contributed by atoms with Crippen LogP contribution in [-0.2, 0) is 6.42 Å². The molecule has 2 aliphatic rings. The van der Waals surface area contributed by atoms with Crippen LogP contribution in [0.4, 0.5) is 0 Å². The number of allylic oxidation sites excluding steroid dienone is 4. The van der Waals surface area contributed by atoms with Crippen LogP contribution < -0.4 is 9.96 Å². The van der Waals surface area contributed by atoms with Gasteiger partial charge in [0.1, 0.15) is 11.5 Å². The van der Waals surface area contributed by atoms with Crippen molar-refractivity contribution in [2.75, 3.05) is 0 Å². The van der Waals surface area contributed by atoms with Crippen molar-refractivity contribution < 1.29 is 4.74 Å². The van der Waals surface area contributed by atoms with E-state index in [0.29, 0.717) is 0 Å². The highest BCUT2D eigenvalue weighted by Gasteiger charge is 2.13. The first-order chi connectivity index (χ1) is 14.3.